The molecule has 2 atom stereocenters. The second-order valence-electron chi connectivity index (χ2n) is 3.61. The zero-order valence-corrected chi connectivity index (χ0v) is 6.55. The van der Waals surface area contributed by atoms with Gasteiger partial charge in [0.1, 0.15) is 11.2 Å². The lowest BCUT2D eigenvalue weighted by molar-refractivity contribution is 0.160. The van der Waals surface area contributed by atoms with Gasteiger partial charge in [0, 0.05) is 0 Å². The first-order valence-corrected chi connectivity index (χ1v) is 4.20. The molecule has 2 N–H and O–H groups in total. The van der Waals surface area contributed by atoms with Gasteiger partial charge in [-0.2, -0.15) is 0 Å². The monoisotopic (exact) mass is 158 g/mol. The van der Waals surface area contributed by atoms with Crippen LogP contribution < -0.4 is 0 Å². The van der Waals surface area contributed by atoms with E-state index in [9.17, 15) is 0 Å². The Labute approximate surface area is 66.0 Å². The predicted octanol–water partition coefficient (Wildman–Crippen LogP) is 0.0528. The van der Waals surface area contributed by atoms with Crippen LogP contribution in [0.2, 0.25) is 0 Å². The lowest BCUT2D eigenvalue weighted by Gasteiger charge is -2.21. The lowest BCUT2D eigenvalue weighted by atomic mass is 9.80. The third-order valence-corrected chi connectivity index (χ3v) is 3.10. The summed E-state index contributed by atoms with van der Waals surface area (Å²) in [5, 5.41) is 18.1. The van der Waals surface area contributed by atoms with Crippen molar-refractivity contribution in [1.82, 2.24) is 0 Å². The van der Waals surface area contributed by atoms with Crippen LogP contribution in [0, 0.1) is 0 Å². The molecule has 2 rings (SSSR count). The van der Waals surface area contributed by atoms with Gasteiger partial charge in [0.05, 0.1) is 13.2 Å². The molecule has 0 amide bonds. The van der Waals surface area contributed by atoms with Gasteiger partial charge >= 0.3 is 0 Å². The van der Waals surface area contributed by atoms with Crippen LogP contribution in [0.4, 0.5) is 0 Å². The molecule has 1 heterocycles. The molecule has 1 saturated heterocycles. The largest absolute Gasteiger partial charge is 0.393 e. The molecule has 2 unspecified atom stereocenters. The second kappa shape index (κ2) is 2.19. The summed E-state index contributed by atoms with van der Waals surface area (Å²) in [7, 11) is 0. The Hall–Kier alpha value is -0.120. The van der Waals surface area contributed by atoms with Crippen molar-refractivity contribution in [2.24, 2.45) is 0 Å². The van der Waals surface area contributed by atoms with Crippen LogP contribution in [0.3, 0.4) is 0 Å². The van der Waals surface area contributed by atoms with Crippen molar-refractivity contribution in [3.63, 3.8) is 0 Å². The van der Waals surface area contributed by atoms with E-state index >= 15 is 0 Å². The van der Waals surface area contributed by atoms with E-state index in [1.54, 1.807) is 0 Å². The van der Waals surface area contributed by atoms with Crippen LogP contribution in [0.25, 0.3) is 0 Å². The Morgan fingerprint density at radius 1 is 1.00 bits per heavy atom. The molecule has 0 spiro atoms. The SMILES string of the molecule is OCC12CCCCC1(CO)O2. The van der Waals surface area contributed by atoms with E-state index in [2.05, 4.69) is 0 Å². The quantitative estimate of drug-likeness (QED) is 0.558. The third-order valence-electron chi connectivity index (χ3n) is 3.10. The fourth-order valence-electron chi connectivity index (χ4n) is 2.24. The van der Waals surface area contributed by atoms with E-state index < -0.39 is 0 Å². The molecule has 0 aromatic carbocycles. The van der Waals surface area contributed by atoms with Gasteiger partial charge in [0.2, 0.25) is 0 Å². The van der Waals surface area contributed by atoms with Crippen LogP contribution in [-0.2, 0) is 4.74 Å². The maximum absolute atomic E-state index is 9.05. The fraction of sp³-hybridized carbons (Fsp3) is 1.00. The Kier molecular flexibility index (Phi) is 1.50. The molecule has 3 nitrogen and oxygen atoms in total. The number of hydrogen-bond donors (Lipinski definition) is 2. The Morgan fingerprint density at radius 3 is 1.82 bits per heavy atom. The zero-order valence-electron chi connectivity index (χ0n) is 6.55. The first-order valence-electron chi connectivity index (χ1n) is 4.20. The Balaban J connectivity index is 2.13. The average Bonchev–Trinajstić information content (AvgIpc) is 2.75. The van der Waals surface area contributed by atoms with E-state index in [0.717, 1.165) is 25.7 Å². The number of epoxide rings is 1. The minimum Gasteiger partial charge on any atom is -0.393 e. The van der Waals surface area contributed by atoms with Crippen LogP contribution in [0.1, 0.15) is 25.7 Å². The van der Waals surface area contributed by atoms with E-state index in [4.69, 9.17) is 14.9 Å². The summed E-state index contributed by atoms with van der Waals surface area (Å²) in [5.74, 6) is 0. The van der Waals surface area contributed by atoms with Crippen LogP contribution in [0.15, 0.2) is 0 Å². The van der Waals surface area contributed by atoms with E-state index in [-0.39, 0.29) is 24.4 Å². The first kappa shape index (κ1) is 7.53. The van der Waals surface area contributed by atoms with Gasteiger partial charge in [0.25, 0.3) is 0 Å². The molecule has 0 bridgehead atoms. The minimum absolute atomic E-state index is 0.0631. The van der Waals surface area contributed by atoms with Crippen molar-refractivity contribution in [1.29, 1.82) is 0 Å². The first-order chi connectivity index (χ1) is 5.29. The molecule has 1 saturated carbocycles. The number of ether oxygens (including phenoxy) is 1. The summed E-state index contributed by atoms with van der Waals surface area (Å²) in [6.07, 6.45) is 4.04. The van der Waals surface area contributed by atoms with Gasteiger partial charge < -0.3 is 14.9 Å². The van der Waals surface area contributed by atoms with Gasteiger partial charge in [-0.05, 0) is 12.8 Å². The van der Waals surface area contributed by atoms with E-state index in [1.165, 1.54) is 0 Å². The molecule has 0 aromatic rings. The summed E-state index contributed by atoms with van der Waals surface area (Å²) in [6, 6.07) is 0. The zero-order chi connectivity index (χ0) is 7.95. The van der Waals surface area contributed by atoms with Crippen LogP contribution >= 0.6 is 0 Å². The molecule has 11 heavy (non-hydrogen) atoms. The van der Waals surface area contributed by atoms with E-state index in [1.807, 2.05) is 0 Å². The molecule has 1 aliphatic carbocycles. The maximum Gasteiger partial charge on any atom is 0.123 e. The van der Waals surface area contributed by atoms with E-state index in [0.29, 0.717) is 0 Å². The number of fused-ring (bicyclic) bond motifs is 1. The molecule has 2 aliphatic rings. The summed E-state index contributed by atoms with van der Waals surface area (Å²) in [6.45, 7) is 0.126. The second-order valence-corrected chi connectivity index (χ2v) is 3.61. The fourth-order valence-corrected chi connectivity index (χ4v) is 2.24. The van der Waals surface area contributed by atoms with Gasteiger partial charge in [-0.15, -0.1) is 0 Å². The molecule has 3 heteroatoms. The van der Waals surface area contributed by atoms with Crippen molar-refractivity contribution in [3.05, 3.63) is 0 Å². The normalized spacial score (nSPS) is 48.5. The number of rotatable bonds is 2. The lowest BCUT2D eigenvalue weighted by Crippen LogP contribution is -2.35. The highest BCUT2D eigenvalue weighted by Gasteiger charge is 2.69. The number of aliphatic hydroxyl groups is 2. The van der Waals surface area contributed by atoms with Gasteiger partial charge in [-0.1, -0.05) is 12.8 Å². The van der Waals surface area contributed by atoms with Crippen molar-refractivity contribution in [2.45, 2.75) is 36.9 Å². The molecular weight excluding hydrogens is 144 g/mol. The standard InChI is InChI=1S/C8H14O3/c9-5-7-3-1-2-4-8(7,6-10)11-7/h9-10H,1-6H2. The van der Waals surface area contributed by atoms with Crippen molar-refractivity contribution < 1.29 is 14.9 Å². The molecule has 64 valence electrons. The highest BCUT2D eigenvalue weighted by molar-refractivity contribution is 5.17. The van der Waals surface area contributed by atoms with Crippen LogP contribution in [0.5, 0.6) is 0 Å². The minimum atomic E-state index is -0.361. The maximum atomic E-state index is 9.05. The Morgan fingerprint density at radius 2 is 1.45 bits per heavy atom. The highest BCUT2D eigenvalue weighted by atomic mass is 16.6. The Bertz CT molecular complexity index is 153. The van der Waals surface area contributed by atoms with Crippen molar-refractivity contribution >= 4 is 0 Å². The molecule has 0 aromatic heterocycles. The molecule has 0 radical (unpaired) electrons. The van der Waals surface area contributed by atoms with Gasteiger partial charge in [-0.3, -0.25) is 0 Å². The molecule has 1 aliphatic heterocycles. The van der Waals surface area contributed by atoms with Crippen LogP contribution in [-0.4, -0.2) is 34.6 Å². The average molecular weight is 158 g/mol. The topological polar surface area (TPSA) is 53.0 Å². The van der Waals surface area contributed by atoms with Gasteiger partial charge in [0.15, 0.2) is 0 Å². The van der Waals surface area contributed by atoms with Gasteiger partial charge in [-0.25, -0.2) is 0 Å². The third kappa shape index (κ3) is 0.789. The predicted molar refractivity (Wildman–Crippen MR) is 39.2 cm³/mol. The summed E-state index contributed by atoms with van der Waals surface area (Å²) in [4.78, 5) is 0. The summed E-state index contributed by atoms with van der Waals surface area (Å²) >= 11 is 0. The summed E-state index contributed by atoms with van der Waals surface area (Å²) < 4.78 is 5.45. The van der Waals surface area contributed by atoms with Crippen molar-refractivity contribution in [2.75, 3.05) is 13.2 Å². The highest BCUT2D eigenvalue weighted by Crippen LogP contribution is 2.56. The number of hydrogen-bond acceptors (Lipinski definition) is 3. The van der Waals surface area contributed by atoms with Crippen molar-refractivity contribution in [3.8, 4) is 0 Å². The summed E-state index contributed by atoms with van der Waals surface area (Å²) in [5.41, 5.74) is -0.722. The number of aliphatic hydroxyl groups excluding tert-OH is 2. The smallest absolute Gasteiger partial charge is 0.123 e. The molecule has 2 fully saturated rings. The molecular formula is C8H14O3.